The number of carbonyl (C=O) groups is 1. The number of esters is 1. The van der Waals surface area contributed by atoms with Crippen LogP contribution in [0.3, 0.4) is 0 Å². The van der Waals surface area contributed by atoms with Crippen LogP contribution in [0.1, 0.15) is 30.4 Å². The van der Waals surface area contributed by atoms with E-state index in [4.69, 9.17) is 16.3 Å². The largest absolute Gasteiger partial charge is 0.469 e. The molecule has 0 amide bonds. The van der Waals surface area contributed by atoms with Crippen molar-refractivity contribution < 1.29 is 9.53 Å². The van der Waals surface area contributed by atoms with E-state index in [1.807, 2.05) is 6.08 Å². The summed E-state index contributed by atoms with van der Waals surface area (Å²) in [6.45, 7) is 5.99. The molecule has 1 saturated heterocycles. The summed E-state index contributed by atoms with van der Waals surface area (Å²) in [6, 6.07) is 8.66. The Morgan fingerprint density at radius 3 is 2.65 bits per heavy atom. The average molecular weight is 336 g/mol. The van der Waals surface area contributed by atoms with Gasteiger partial charge in [-0.2, -0.15) is 0 Å². The highest BCUT2D eigenvalue weighted by Crippen LogP contribution is 2.37. The molecule has 23 heavy (non-hydrogen) atoms. The third-order valence-electron chi connectivity index (χ3n) is 4.83. The quantitative estimate of drug-likeness (QED) is 0.466. The smallest absolute Gasteiger partial charge is 0.310 e. The van der Waals surface area contributed by atoms with E-state index in [0.29, 0.717) is 5.88 Å². The van der Waals surface area contributed by atoms with Gasteiger partial charge in [0, 0.05) is 18.5 Å². The van der Waals surface area contributed by atoms with Crippen molar-refractivity contribution in [2.24, 2.45) is 5.92 Å². The second-order valence-corrected chi connectivity index (χ2v) is 6.52. The van der Waals surface area contributed by atoms with Crippen LogP contribution in [0.2, 0.25) is 0 Å². The van der Waals surface area contributed by atoms with Crippen LogP contribution in [0.4, 0.5) is 0 Å². The maximum Gasteiger partial charge on any atom is 0.310 e. The number of alkyl halides is 1. The standard InChI is InChI=1S/C19H26ClNO2/c1-14-6-8-16(9-7-14)17-10-13-21(12-5-4-11-20)15(2)18(17)19(22)23-3/h4-9,15,17-18H,10-13H2,1-3H3/b5-4+. The van der Waals surface area contributed by atoms with E-state index in [2.05, 4.69) is 49.1 Å². The van der Waals surface area contributed by atoms with Gasteiger partial charge in [-0.1, -0.05) is 42.0 Å². The zero-order valence-electron chi connectivity index (χ0n) is 14.2. The number of nitrogens with zero attached hydrogens (tertiary/aromatic N) is 1. The monoisotopic (exact) mass is 335 g/mol. The van der Waals surface area contributed by atoms with Crippen LogP contribution in [0.15, 0.2) is 36.4 Å². The number of carbonyl (C=O) groups excluding carboxylic acids is 1. The van der Waals surface area contributed by atoms with E-state index in [9.17, 15) is 4.79 Å². The Kier molecular flexibility index (Phi) is 6.67. The molecule has 1 fully saturated rings. The van der Waals surface area contributed by atoms with E-state index in [-0.39, 0.29) is 23.8 Å². The molecule has 1 aromatic carbocycles. The zero-order valence-corrected chi connectivity index (χ0v) is 14.9. The minimum Gasteiger partial charge on any atom is -0.469 e. The predicted octanol–water partition coefficient (Wildman–Crippen LogP) is 3.76. The van der Waals surface area contributed by atoms with Crippen molar-refractivity contribution >= 4 is 17.6 Å². The van der Waals surface area contributed by atoms with Gasteiger partial charge >= 0.3 is 5.97 Å². The minimum atomic E-state index is -0.138. The molecule has 1 heterocycles. The molecule has 3 nitrogen and oxygen atoms in total. The molecule has 0 spiro atoms. The molecule has 1 aliphatic rings. The summed E-state index contributed by atoms with van der Waals surface area (Å²) >= 11 is 5.69. The highest BCUT2D eigenvalue weighted by atomic mass is 35.5. The first-order valence-corrected chi connectivity index (χ1v) is 8.71. The lowest BCUT2D eigenvalue weighted by molar-refractivity contribution is -0.150. The number of aryl methyl sites for hydroxylation is 1. The zero-order chi connectivity index (χ0) is 16.8. The molecule has 1 aliphatic heterocycles. The summed E-state index contributed by atoms with van der Waals surface area (Å²) in [5.74, 6) is 0.482. The Labute approximate surface area is 144 Å². The molecule has 0 aliphatic carbocycles. The second-order valence-electron chi connectivity index (χ2n) is 6.22. The van der Waals surface area contributed by atoms with Crippen LogP contribution < -0.4 is 0 Å². The second kappa shape index (κ2) is 8.51. The summed E-state index contributed by atoms with van der Waals surface area (Å²) in [5, 5.41) is 0. The van der Waals surface area contributed by atoms with Gasteiger partial charge in [0.15, 0.2) is 0 Å². The van der Waals surface area contributed by atoms with E-state index in [1.54, 1.807) is 0 Å². The van der Waals surface area contributed by atoms with Gasteiger partial charge in [-0.05, 0) is 38.3 Å². The molecule has 2 rings (SSSR count). The normalized spacial score (nSPS) is 25.7. The first kappa shape index (κ1) is 18.0. The molecule has 3 unspecified atom stereocenters. The Hall–Kier alpha value is -1.32. The molecule has 1 aromatic rings. The van der Waals surface area contributed by atoms with Gasteiger partial charge in [0.2, 0.25) is 0 Å². The van der Waals surface area contributed by atoms with Crippen molar-refractivity contribution in [3.8, 4) is 0 Å². The lowest BCUT2D eigenvalue weighted by atomic mass is 9.76. The number of likely N-dealkylation sites (tertiary alicyclic amines) is 1. The summed E-state index contributed by atoms with van der Waals surface area (Å²) < 4.78 is 5.10. The molecule has 0 saturated carbocycles. The van der Waals surface area contributed by atoms with Crippen LogP contribution in [-0.4, -0.2) is 43.0 Å². The average Bonchev–Trinajstić information content (AvgIpc) is 2.56. The summed E-state index contributed by atoms with van der Waals surface area (Å²) in [6.07, 6.45) is 4.99. The number of allylic oxidation sites excluding steroid dienone is 1. The number of hydrogen-bond donors (Lipinski definition) is 0. The van der Waals surface area contributed by atoms with Crippen LogP contribution in [0, 0.1) is 12.8 Å². The van der Waals surface area contributed by atoms with Crippen molar-refractivity contribution in [2.45, 2.75) is 32.2 Å². The summed E-state index contributed by atoms with van der Waals surface area (Å²) in [5.41, 5.74) is 2.47. The van der Waals surface area contributed by atoms with Crippen molar-refractivity contribution in [2.75, 3.05) is 26.1 Å². The Morgan fingerprint density at radius 2 is 2.04 bits per heavy atom. The number of benzene rings is 1. The number of rotatable bonds is 5. The molecular weight excluding hydrogens is 310 g/mol. The molecule has 4 heteroatoms. The highest BCUT2D eigenvalue weighted by Gasteiger charge is 2.41. The Bertz CT molecular complexity index is 541. The Morgan fingerprint density at radius 1 is 1.35 bits per heavy atom. The van der Waals surface area contributed by atoms with Crippen molar-refractivity contribution in [3.05, 3.63) is 47.5 Å². The first-order valence-electron chi connectivity index (χ1n) is 8.18. The molecule has 126 valence electrons. The van der Waals surface area contributed by atoms with Crippen molar-refractivity contribution in [1.29, 1.82) is 0 Å². The van der Waals surface area contributed by atoms with Gasteiger partial charge in [-0.3, -0.25) is 9.69 Å². The van der Waals surface area contributed by atoms with Crippen molar-refractivity contribution in [1.82, 2.24) is 4.90 Å². The molecular formula is C19H26ClNO2. The van der Waals surface area contributed by atoms with Crippen LogP contribution >= 0.6 is 11.6 Å². The Balaban J connectivity index is 2.21. The van der Waals surface area contributed by atoms with E-state index in [1.165, 1.54) is 18.2 Å². The van der Waals surface area contributed by atoms with Crippen molar-refractivity contribution in [3.63, 3.8) is 0 Å². The number of ether oxygens (including phenoxy) is 1. The fraction of sp³-hybridized carbons (Fsp3) is 0.526. The maximum absolute atomic E-state index is 12.4. The van der Waals surface area contributed by atoms with Gasteiger partial charge < -0.3 is 4.74 Å². The van der Waals surface area contributed by atoms with E-state index < -0.39 is 0 Å². The lowest BCUT2D eigenvalue weighted by Gasteiger charge is -2.42. The van der Waals surface area contributed by atoms with Gasteiger partial charge in [0.1, 0.15) is 0 Å². The summed E-state index contributed by atoms with van der Waals surface area (Å²) in [4.78, 5) is 14.7. The topological polar surface area (TPSA) is 29.5 Å². The molecule has 0 N–H and O–H groups in total. The third kappa shape index (κ3) is 4.36. The first-order chi connectivity index (χ1) is 11.1. The fourth-order valence-electron chi connectivity index (χ4n) is 3.47. The SMILES string of the molecule is COC(=O)C1C(c2ccc(C)cc2)CCN(C/C=C/CCl)C1C. The highest BCUT2D eigenvalue weighted by molar-refractivity contribution is 6.18. The minimum absolute atomic E-state index is 0.117. The van der Waals surface area contributed by atoms with Gasteiger partial charge in [-0.15, -0.1) is 11.6 Å². The fourth-order valence-corrected chi connectivity index (χ4v) is 3.59. The maximum atomic E-state index is 12.4. The van der Waals surface area contributed by atoms with E-state index >= 15 is 0 Å². The van der Waals surface area contributed by atoms with Crippen LogP contribution in [0.25, 0.3) is 0 Å². The van der Waals surface area contributed by atoms with Crippen LogP contribution in [-0.2, 0) is 9.53 Å². The van der Waals surface area contributed by atoms with E-state index in [0.717, 1.165) is 19.5 Å². The molecule has 0 aromatic heterocycles. The number of halogens is 1. The molecule has 0 radical (unpaired) electrons. The number of piperidine rings is 1. The van der Waals surface area contributed by atoms with Crippen LogP contribution in [0.5, 0.6) is 0 Å². The lowest BCUT2D eigenvalue weighted by Crippen LogP contribution is -2.50. The van der Waals surface area contributed by atoms with Gasteiger partial charge in [-0.25, -0.2) is 0 Å². The third-order valence-corrected chi connectivity index (χ3v) is 5.01. The summed E-state index contributed by atoms with van der Waals surface area (Å²) in [7, 11) is 1.48. The molecule has 0 bridgehead atoms. The van der Waals surface area contributed by atoms with Gasteiger partial charge in [0.25, 0.3) is 0 Å². The van der Waals surface area contributed by atoms with Gasteiger partial charge in [0.05, 0.1) is 13.0 Å². The number of hydrogen-bond acceptors (Lipinski definition) is 3. The predicted molar refractivity (Wildman–Crippen MR) is 94.9 cm³/mol. The number of methoxy groups -OCH3 is 1. The molecule has 3 atom stereocenters.